The Morgan fingerprint density at radius 1 is 1.26 bits per heavy atom. The lowest BCUT2D eigenvalue weighted by Crippen LogP contribution is -2.49. The number of β-amino-alcohol motifs (C(OH)–C–C–N with tert-alkyl or cyclic N) is 1. The third-order valence-corrected chi connectivity index (χ3v) is 4.21. The molecule has 0 spiro atoms. The Labute approximate surface area is 134 Å². The molecule has 1 N–H and O–H groups in total. The van der Waals surface area contributed by atoms with Crippen LogP contribution in [0.25, 0.3) is 10.9 Å². The van der Waals surface area contributed by atoms with Crippen LogP contribution in [-0.4, -0.2) is 65.1 Å². The van der Waals surface area contributed by atoms with Crippen molar-refractivity contribution in [3.8, 4) is 0 Å². The summed E-state index contributed by atoms with van der Waals surface area (Å²) in [6.45, 7) is 5.34. The van der Waals surface area contributed by atoms with Crippen LogP contribution in [0.15, 0.2) is 24.3 Å². The van der Waals surface area contributed by atoms with Crippen molar-refractivity contribution in [3.05, 3.63) is 41.3 Å². The number of fused-ring (bicyclic) bond motifs is 1. The van der Waals surface area contributed by atoms with Crippen LogP contribution < -0.4 is 0 Å². The summed E-state index contributed by atoms with van der Waals surface area (Å²) in [7, 11) is 0. The first-order valence-corrected chi connectivity index (χ1v) is 7.78. The highest BCUT2D eigenvalue weighted by Gasteiger charge is 2.23. The molecule has 0 aliphatic carbocycles. The van der Waals surface area contributed by atoms with Gasteiger partial charge in [-0.2, -0.15) is 0 Å². The fraction of sp³-hybridized carbons (Fsp3) is 0.412. The first-order chi connectivity index (χ1) is 11.1. The Balaban J connectivity index is 1.87. The third kappa shape index (κ3) is 3.33. The highest BCUT2D eigenvalue weighted by molar-refractivity contribution is 6.06. The highest BCUT2D eigenvalue weighted by Crippen LogP contribution is 2.21. The molecule has 2 aromatic rings. The number of amides is 1. The molecular weight excluding hydrogens is 297 g/mol. The first-order valence-electron chi connectivity index (χ1n) is 7.78. The van der Waals surface area contributed by atoms with Crippen molar-refractivity contribution in [1.29, 1.82) is 0 Å². The van der Waals surface area contributed by atoms with Gasteiger partial charge in [0.2, 0.25) is 0 Å². The number of carbonyl (C=O) groups excluding carboxylic acids is 1. The molecule has 6 heteroatoms. The van der Waals surface area contributed by atoms with Crippen molar-refractivity contribution in [3.63, 3.8) is 0 Å². The summed E-state index contributed by atoms with van der Waals surface area (Å²) in [5.41, 5.74) is 1.78. The second kappa shape index (κ2) is 6.60. The molecule has 0 unspecified atom stereocenters. The molecule has 3 rings (SSSR count). The van der Waals surface area contributed by atoms with E-state index in [0.29, 0.717) is 41.8 Å². The number of aliphatic hydroxyl groups excluding tert-OH is 1. The Kier molecular flexibility index (Phi) is 4.54. The lowest BCUT2D eigenvalue weighted by Gasteiger charge is -2.34. The van der Waals surface area contributed by atoms with E-state index in [1.165, 1.54) is 12.1 Å². The second-order valence-corrected chi connectivity index (χ2v) is 5.83. The molecule has 5 nitrogen and oxygen atoms in total. The molecule has 0 bridgehead atoms. The second-order valence-electron chi connectivity index (χ2n) is 5.83. The number of halogens is 1. The minimum absolute atomic E-state index is 0.0456. The minimum Gasteiger partial charge on any atom is -0.395 e. The maximum atomic E-state index is 13.4. The van der Waals surface area contributed by atoms with Crippen molar-refractivity contribution < 1.29 is 14.3 Å². The number of rotatable bonds is 3. The smallest absolute Gasteiger partial charge is 0.254 e. The van der Waals surface area contributed by atoms with Gasteiger partial charge in [0.15, 0.2) is 0 Å². The highest BCUT2D eigenvalue weighted by atomic mass is 19.1. The number of nitrogens with zero attached hydrogens (tertiary/aromatic N) is 3. The Hall–Kier alpha value is -2.05. The van der Waals surface area contributed by atoms with Gasteiger partial charge in [-0.05, 0) is 25.1 Å². The van der Waals surface area contributed by atoms with Crippen LogP contribution in [0, 0.1) is 12.7 Å². The standard InChI is InChI=1S/C17H20FN3O2/c1-12-10-15(14-3-2-13(18)11-16(14)19-12)17(23)21-6-4-20(5-7-21)8-9-22/h2-3,10-11,22H,4-9H2,1H3. The normalized spacial score (nSPS) is 16.0. The number of piperazine rings is 1. The molecular formula is C17H20FN3O2. The number of aromatic nitrogens is 1. The van der Waals surface area contributed by atoms with Gasteiger partial charge < -0.3 is 10.0 Å². The Morgan fingerprint density at radius 2 is 2.00 bits per heavy atom. The van der Waals surface area contributed by atoms with Gasteiger partial charge in [0.25, 0.3) is 5.91 Å². The van der Waals surface area contributed by atoms with E-state index in [2.05, 4.69) is 9.88 Å². The number of benzene rings is 1. The van der Waals surface area contributed by atoms with E-state index in [0.717, 1.165) is 13.1 Å². The summed E-state index contributed by atoms with van der Waals surface area (Å²) in [6, 6.07) is 6.10. The topological polar surface area (TPSA) is 56.7 Å². The molecule has 122 valence electrons. The van der Waals surface area contributed by atoms with Gasteiger partial charge in [0.1, 0.15) is 5.82 Å². The molecule has 1 aliphatic heterocycles. The summed E-state index contributed by atoms with van der Waals surface area (Å²) < 4.78 is 13.4. The number of carbonyl (C=O) groups is 1. The molecule has 2 heterocycles. The number of hydrogen-bond acceptors (Lipinski definition) is 4. The van der Waals surface area contributed by atoms with Crippen molar-refractivity contribution in [1.82, 2.24) is 14.8 Å². The molecule has 1 saturated heterocycles. The third-order valence-electron chi connectivity index (χ3n) is 4.21. The zero-order valence-corrected chi connectivity index (χ0v) is 13.1. The summed E-state index contributed by atoms with van der Waals surface area (Å²) >= 11 is 0. The van der Waals surface area contributed by atoms with Crippen molar-refractivity contribution in [2.24, 2.45) is 0 Å². The fourth-order valence-corrected chi connectivity index (χ4v) is 3.00. The zero-order valence-electron chi connectivity index (χ0n) is 13.1. The minimum atomic E-state index is -0.355. The van der Waals surface area contributed by atoms with Crippen LogP contribution in [-0.2, 0) is 0 Å². The molecule has 0 atom stereocenters. The van der Waals surface area contributed by atoms with Gasteiger partial charge in [0.05, 0.1) is 17.7 Å². The van der Waals surface area contributed by atoms with E-state index in [1.54, 1.807) is 19.1 Å². The Bertz CT molecular complexity index is 722. The van der Waals surface area contributed by atoms with E-state index in [1.807, 2.05) is 4.90 Å². The molecule has 1 amide bonds. The number of pyridine rings is 1. The molecule has 1 aromatic heterocycles. The quantitative estimate of drug-likeness (QED) is 0.930. The van der Waals surface area contributed by atoms with E-state index in [9.17, 15) is 9.18 Å². The molecule has 0 radical (unpaired) electrons. The van der Waals surface area contributed by atoms with Crippen molar-refractivity contribution in [2.75, 3.05) is 39.3 Å². The predicted molar refractivity (Wildman–Crippen MR) is 85.9 cm³/mol. The van der Waals surface area contributed by atoms with E-state index in [-0.39, 0.29) is 18.3 Å². The average Bonchev–Trinajstić information content (AvgIpc) is 2.54. The summed E-state index contributed by atoms with van der Waals surface area (Å²) in [5.74, 6) is -0.401. The van der Waals surface area contributed by atoms with Crippen LogP contribution >= 0.6 is 0 Å². The maximum Gasteiger partial charge on any atom is 0.254 e. The van der Waals surface area contributed by atoms with Gasteiger partial charge >= 0.3 is 0 Å². The van der Waals surface area contributed by atoms with Crippen molar-refractivity contribution in [2.45, 2.75) is 6.92 Å². The lowest BCUT2D eigenvalue weighted by molar-refractivity contribution is 0.0616. The average molecular weight is 317 g/mol. The number of aliphatic hydroxyl groups is 1. The number of hydrogen-bond donors (Lipinski definition) is 1. The van der Waals surface area contributed by atoms with Gasteiger partial charge in [-0.3, -0.25) is 14.7 Å². The lowest BCUT2D eigenvalue weighted by atomic mass is 10.1. The maximum absolute atomic E-state index is 13.4. The van der Waals surface area contributed by atoms with E-state index in [4.69, 9.17) is 5.11 Å². The van der Waals surface area contributed by atoms with Crippen LogP contribution in [0.3, 0.4) is 0 Å². The monoisotopic (exact) mass is 317 g/mol. The summed E-state index contributed by atoms with van der Waals surface area (Å²) in [4.78, 5) is 21.1. The van der Waals surface area contributed by atoms with Crippen LogP contribution in [0.5, 0.6) is 0 Å². The van der Waals surface area contributed by atoms with Crippen LogP contribution in [0.1, 0.15) is 16.1 Å². The first kappa shape index (κ1) is 15.8. The van der Waals surface area contributed by atoms with Gasteiger partial charge in [-0.1, -0.05) is 0 Å². The van der Waals surface area contributed by atoms with Crippen LogP contribution in [0.4, 0.5) is 4.39 Å². The van der Waals surface area contributed by atoms with Gasteiger partial charge in [-0.25, -0.2) is 4.39 Å². The predicted octanol–water partition coefficient (Wildman–Crippen LogP) is 1.43. The zero-order chi connectivity index (χ0) is 16.4. The number of aryl methyl sites for hydroxylation is 1. The van der Waals surface area contributed by atoms with Gasteiger partial charge in [-0.15, -0.1) is 0 Å². The molecule has 1 fully saturated rings. The fourth-order valence-electron chi connectivity index (χ4n) is 3.00. The summed E-state index contributed by atoms with van der Waals surface area (Å²) in [5, 5.41) is 9.66. The SMILES string of the molecule is Cc1cc(C(=O)N2CCN(CCO)CC2)c2ccc(F)cc2n1. The molecule has 1 aromatic carbocycles. The van der Waals surface area contributed by atoms with Crippen molar-refractivity contribution >= 4 is 16.8 Å². The van der Waals surface area contributed by atoms with Gasteiger partial charge in [0, 0.05) is 49.9 Å². The molecule has 0 saturated carbocycles. The molecule has 1 aliphatic rings. The van der Waals surface area contributed by atoms with Crippen LogP contribution in [0.2, 0.25) is 0 Å². The Morgan fingerprint density at radius 3 is 2.70 bits per heavy atom. The van der Waals surface area contributed by atoms with E-state index < -0.39 is 0 Å². The molecule has 23 heavy (non-hydrogen) atoms. The summed E-state index contributed by atoms with van der Waals surface area (Å²) in [6.07, 6.45) is 0. The largest absolute Gasteiger partial charge is 0.395 e. The van der Waals surface area contributed by atoms with E-state index >= 15 is 0 Å².